The maximum Gasteiger partial charge on any atom is 0.305 e. The Morgan fingerprint density at radius 1 is 1.42 bits per heavy atom. The van der Waals surface area contributed by atoms with E-state index in [1.807, 2.05) is 32.0 Å². The van der Waals surface area contributed by atoms with E-state index in [1.54, 1.807) is 0 Å². The Morgan fingerprint density at radius 2 is 2.11 bits per heavy atom. The highest BCUT2D eigenvalue weighted by Crippen LogP contribution is 2.27. The number of hydrogen-bond acceptors (Lipinski definition) is 3. The molecule has 4 heteroatoms. The van der Waals surface area contributed by atoms with E-state index in [9.17, 15) is 9.90 Å². The Kier molecular flexibility index (Phi) is 4.22. The zero-order valence-electron chi connectivity index (χ0n) is 11.4. The molecular weight excluding hydrogens is 242 g/mol. The Bertz CT molecular complexity index is 468. The second-order valence-corrected chi connectivity index (χ2v) is 5.45. The molecule has 2 rings (SSSR count). The topological polar surface area (TPSA) is 69.6 Å². The summed E-state index contributed by atoms with van der Waals surface area (Å²) in [7, 11) is 0. The summed E-state index contributed by atoms with van der Waals surface area (Å²) in [4.78, 5) is 10.9. The van der Waals surface area contributed by atoms with Gasteiger partial charge in [-0.25, -0.2) is 0 Å². The molecule has 0 radical (unpaired) electrons. The van der Waals surface area contributed by atoms with Crippen molar-refractivity contribution in [2.24, 2.45) is 0 Å². The molecule has 1 aromatic carbocycles. The van der Waals surface area contributed by atoms with Crippen LogP contribution in [0.25, 0.3) is 0 Å². The van der Waals surface area contributed by atoms with E-state index in [0.717, 1.165) is 29.5 Å². The SMILES string of the molecule is Cc1ccc(C)c(C(O)C(CC(=O)O)NC2CC2)c1. The number of aliphatic hydroxyl groups is 1. The lowest BCUT2D eigenvalue weighted by molar-refractivity contribution is -0.138. The van der Waals surface area contributed by atoms with Crippen molar-refractivity contribution in [3.8, 4) is 0 Å². The minimum absolute atomic E-state index is 0.0644. The summed E-state index contributed by atoms with van der Waals surface area (Å²) in [5.74, 6) is -0.887. The van der Waals surface area contributed by atoms with Crippen LogP contribution in [0.15, 0.2) is 18.2 Å². The van der Waals surface area contributed by atoms with Crippen LogP contribution in [0, 0.1) is 13.8 Å². The van der Waals surface area contributed by atoms with Gasteiger partial charge in [0.25, 0.3) is 0 Å². The lowest BCUT2D eigenvalue weighted by Crippen LogP contribution is -2.38. The van der Waals surface area contributed by atoms with E-state index in [1.165, 1.54) is 0 Å². The smallest absolute Gasteiger partial charge is 0.305 e. The van der Waals surface area contributed by atoms with Gasteiger partial charge < -0.3 is 15.5 Å². The van der Waals surface area contributed by atoms with Gasteiger partial charge in [-0.15, -0.1) is 0 Å². The van der Waals surface area contributed by atoms with Crippen molar-refractivity contribution in [2.75, 3.05) is 0 Å². The molecule has 1 aliphatic rings. The van der Waals surface area contributed by atoms with Gasteiger partial charge in [-0.2, -0.15) is 0 Å². The highest BCUT2D eigenvalue weighted by molar-refractivity contribution is 5.67. The number of carboxylic acids is 1. The molecule has 0 aromatic heterocycles. The maximum absolute atomic E-state index is 10.9. The summed E-state index contributed by atoms with van der Waals surface area (Å²) in [6.07, 6.45) is 1.28. The van der Waals surface area contributed by atoms with Crippen molar-refractivity contribution in [2.45, 2.75) is 51.3 Å². The first-order valence-electron chi connectivity index (χ1n) is 6.70. The first kappa shape index (κ1) is 14.0. The number of nitrogens with one attached hydrogen (secondary N) is 1. The van der Waals surface area contributed by atoms with E-state index in [2.05, 4.69) is 5.32 Å². The summed E-state index contributed by atoms with van der Waals surface area (Å²) in [6, 6.07) is 5.83. The predicted molar refractivity (Wildman–Crippen MR) is 73.1 cm³/mol. The highest BCUT2D eigenvalue weighted by atomic mass is 16.4. The molecular formula is C15H21NO3. The molecule has 3 N–H and O–H groups in total. The third-order valence-electron chi connectivity index (χ3n) is 3.56. The normalized spacial score (nSPS) is 18.1. The van der Waals surface area contributed by atoms with Gasteiger partial charge in [0.1, 0.15) is 0 Å². The zero-order valence-corrected chi connectivity index (χ0v) is 11.4. The van der Waals surface area contributed by atoms with E-state index in [-0.39, 0.29) is 6.42 Å². The van der Waals surface area contributed by atoms with Crippen LogP contribution >= 0.6 is 0 Å². The molecule has 0 bridgehead atoms. The van der Waals surface area contributed by atoms with Gasteiger partial charge >= 0.3 is 5.97 Å². The fraction of sp³-hybridized carbons (Fsp3) is 0.533. The van der Waals surface area contributed by atoms with Crippen molar-refractivity contribution in [3.63, 3.8) is 0 Å². The molecule has 104 valence electrons. The molecule has 1 aromatic rings. The summed E-state index contributed by atoms with van der Waals surface area (Å²) in [5, 5.41) is 22.7. The quantitative estimate of drug-likeness (QED) is 0.733. The third kappa shape index (κ3) is 3.78. The minimum atomic E-state index is -0.887. The maximum atomic E-state index is 10.9. The lowest BCUT2D eigenvalue weighted by atomic mass is 9.94. The van der Waals surface area contributed by atoms with Gasteiger partial charge in [0.05, 0.1) is 12.5 Å². The number of carbonyl (C=O) groups is 1. The van der Waals surface area contributed by atoms with E-state index >= 15 is 0 Å². The molecule has 0 amide bonds. The van der Waals surface area contributed by atoms with Gasteiger partial charge in [-0.1, -0.05) is 23.8 Å². The number of aliphatic carboxylic acids is 1. The molecule has 0 aliphatic heterocycles. The highest BCUT2D eigenvalue weighted by Gasteiger charge is 2.31. The molecule has 2 unspecified atom stereocenters. The fourth-order valence-corrected chi connectivity index (χ4v) is 2.30. The molecule has 1 aliphatic carbocycles. The number of carboxylic acid groups (broad SMARTS) is 1. The van der Waals surface area contributed by atoms with Crippen LogP contribution in [-0.2, 0) is 4.79 Å². The van der Waals surface area contributed by atoms with Gasteiger partial charge in [0, 0.05) is 12.1 Å². The van der Waals surface area contributed by atoms with Crippen molar-refractivity contribution < 1.29 is 15.0 Å². The first-order chi connectivity index (χ1) is 8.97. The van der Waals surface area contributed by atoms with Crippen LogP contribution in [0.5, 0.6) is 0 Å². The molecule has 1 saturated carbocycles. The minimum Gasteiger partial charge on any atom is -0.481 e. The third-order valence-corrected chi connectivity index (χ3v) is 3.56. The Hall–Kier alpha value is -1.39. The molecule has 1 fully saturated rings. The van der Waals surface area contributed by atoms with Crippen LogP contribution in [0.1, 0.15) is 42.1 Å². The molecule has 4 nitrogen and oxygen atoms in total. The summed E-state index contributed by atoms with van der Waals surface area (Å²) >= 11 is 0. The second-order valence-electron chi connectivity index (χ2n) is 5.45. The van der Waals surface area contributed by atoms with Crippen LogP contribution in [0.2, 0.25) is 0 Å². The molecule has 0 saturated heterocycles. The fourth-order valence-electron chi connectivity index (χ4n) is 2.30. The number of rotatable bonds is 6. The largest absolute Gasteiger partial charge is 0.481 e. The molecule has 2 atom stereocenters. The number of benzene rings is 1. The second kappa shape index (κ2) is 5.72. The van der Waals surface area contributed by atoms with Crippen molar-refractivity contribution >= 4 is 5.97 Å². The Morgan fingerprint density at radius 3 is 2.68 bits per heavy atom. The van der Waals surface area contributed by atoms with Crippen molar-refractivity contribution in [3.05, 3.63) is 34.9 Å². The van der Waals surface area contributed by atoms with Gasteiger partial charge in [0.15, 0.2) is 0 Å². The monoisotopic (exact) mass is 263 g/mol. The van der Waals surface area contributed by atoms with Crippen LogP contribution in [-0.4, -0.2) is 28.3 Å². The summed E-state index contributed by atoms with van der Waals surface area (Å²) in [6.45, 7) is 3.91. The molecule has 19 heavy (non-hydrogen) atoms. The average molecular weight is 263 g/mol. The van der Waals surface area contributed by atoms with Gasteiger partial charge in [0.2, 0.25) is 0 Å². The number of aryl methyl sites for hydroxylation is 2. The molecule has 0 heterocycles. The van der Waals surface area contributed by atoms with E-state index in [4.69, 9.17) is 5.11 Å². The number of aliphatic hydroxyl groups excluding tert-OH is 1. The van der Waals surface area contributed by atoms with Gasteiger partial charge in [-0.05, 0) is 37.8 Å². The van der Waals surface area contributed by atoms with Gasteiger partial charge in [-0.3, -0.25) is 4.79 Å². The standard InChI is InChI=1S/C15H21NO3/c1-9-3-4-10(2)12(7-9)15(19)13(8-14(17)18)16-11-5-6-11/h3-4,7,11,13,15-16,19H,5-6,8H2,1-2H3,(H,17,18). The molecule has 0 spiro atoms. The lowest BCUT2D eigenvalue weighted by Gasteiger charge is -2.24. The first-order valence-corrected chi connectivity index (χ1v) is 6.70. The number of hydrogen-bond donors (Lipinski definition) is 3. The average Bonchev–Trinajstić information content (AvgIpc) is 3.14. The van der Waals surface area contributed by atoms with Crippen LogP contribution in [0.3, 0.4) is 0 Å². The zero-order chi connectivity index (χ0) is 14.0. The summed E-state index contributed by atoms with van der Waals surface area (Å²) in [5.41, 5.74) is 2.88. The Labute approximate surface area is 113 Å². The Balaban J connectivity index is 2.18. The van der Waals surface area contributed by atoms with Crippen molar-refractivity contribution in [1.29, 1.82) is 0 Å². The summed E-state index contributed by atoms with van der Waals surface area (Å²) < 4.78 is 0. The van der Waals surface area contributed by atoms with Crippen LogP contribution < -0.4 is 5.32 Å². The van der Waals surface area contributed by atoms with E-state index in [0.29, 0.717) is 6.04 Å². The van der Waals surface area contributed by atoms with Crippen molar-refractivity contribution in [1.82, 2.24) is 5.32 Å². The predicted octanol–water partition coefficient (Wildman–Crippen LogP) is 1.93. The van der Waals surface area contributed by atoms with Crippen LogP contribution in [0.4, 0.5) is 0 Å². The van der Waals surface area contributed by atoms with E-state index < -0.39 is 18.1 Å².